The molecule has 0 N–H and O–H groups in total. The number of aromatic nitrogens is 4. The standard InChI is InChI=1S/C52H30N4O/c1-2-13-32-28-47-40(26-31(32)12-1)35-15-4-8-20-44(35)55(47)46-22-11-14-33-29-48-41(30-39(33)46)36-16-5-9-21-45(36)56(48)52-53-43-19-7-3-18-38(43)51(54-52)34-24-25-50-42(27-34)37-17-6-10-23-49(37)57-50/h1-30H. The number of furan rings is 1. The van der Waals surface area contributed by atoms with Crippen LogP contribution < -0.4 is 0 Å². The van der Waals surface area contributed by atoms with Crippen molar-refractivity contribution in [3.8, 4) is 22.9 Å². The van der Waals surface area contributed by atoms with Crippen LogP contribution in [0.5, 0.6) is 0 Å². The molecule has 264 valence electrons. The zero-order valence-corrected chi connectivity index (χ0v) is 30.5. The van der Waals surface area contributed by atoms with Crippen LogP contribution in [-0.2, 0) is 0 Å². The van der Waals surface area contributed by atoms with E-state index in [1.54, 1.807) is 0 Å². The van der Waals surface area contributed by atoms with Crippen LogP contribution in [-0.4, -0.2) is 19.1 Å². The van der Waals surface area contributed by atoms with Crippen molar-refractivity contribution in [2.75, 3.05) is 0 Å². The van der Waals surface area contributed by atoms with Gasteiger partial charge in [-0.05, 0) is 89.0 Å². The minimum atomic E-state index is 0.636. The molecular weight excluding hydrogens is 697 g/mol. The molecule has 0 spiro atoms. The van der Waals surface area contributed by atoms with Crippen molar-refractivity contribution in [1.29, 1.82) is 0 Å². The second-order valence-electron chi connectivity index (χ2n) is 15.0. The Labute approximate surface area is 325 Å². The van der Waals surface area contributed by atoms with Crippen molar-refractivity contribution in [3.63, 3.8) is 0 Å². The molecule has 5 heteroatoms. The first kappa shape index (κ1) is 30.6. The molecule has 0 fully saturated rings. The lowest BCUT2D eigenvalue weighted by atomic mass is 10.0. The van der Waals surface area contributed by atoms with E-state index >= 15 is 0 Å². The molecule has 13 aromatic rings. The number of rotatable bonds is 3. The van der Waals surface area contributed by atoms with Crippen molar-refractivity contribution in [1.82, 2.24) is 19.1 Å². The van der Waals surface area contributed by atoms with Gasteiger partial charge in [-0.1, -0.05) is 109 Å². The van der Waals surface area contributed by atoms with E-state index in [0.717, 1.165) is 77.0 Å². The smallest absolute Gasteiger partial charge is 0.235 e. The number of hydrogen-bond acceptors (Lipinski definition) is 3. The average molecular weight is 727 g/mol. The van der Waals surface area contributed by atoms with Gasteiger partial charge in [-0.3, -0.25) is 4.57 Å². The summed E-state index contributed by atoms with van der Waals surface area (Å²) in [7, 11) is 0. The SMILES string of the molecule is c1ccc2cc3c(cc2c1)c1ccccc1n3-c1cccc2cc3c(cc12)c1ccccc1n3-c1nc(-c2ccc3oc4ccccc4c3c2)c2ccccc2n1. The summed E-state index contributed by atoms with van der Waals surface area (Å²) in [5, 5.41) is 12.8. The molecule has 0 saturated heterocycles. The van der Waals surface area contributed by atoms with Crippen molar-refractivity contribution < 1.29 is 4.42 Å². The molecule has 0 saturated carbocycles. The minimum Gasteiger partial charge on any atom is -0.456 e. The van der Waals surface area contributed by atoms with E-state index in [9.17, 15) is 0 Å². The topological polar surface area (TPSA) is 48.8 Å². The summed E-state index contributed by atoms with van der Waals surface area (Å²) in [6.45, 7) is 0. The Kier molecular flexibility index (Phi) is 6.10. The van der Waals surface area contributed by atoms with Gasteiger partial charge in [-0.2, -0.15) is 0 Å². The van der Waals surface area contributed by atoms with Crippen LogP contribution in [0.2, 0.25) is 0 Å². The molecule has 9 aromatic carbocycles. The van der Waals surface area contributed by atoms with Crippen molar-refractivity contribution in [3.05, 3.63) is 182 Å². The largest absolute Gasteiger partial charge is 0.456 e. The first-order valence-electron chi connectivity index (χ1n) is 19.3. The molecule has 4 aromatic heterocycles. The van der Waals surface area contributed by atoms with E-state index < -0.39 is 0 Å². The van der Waals surface area contributed by atoms with Crippen LogP contribution in [0.3, 0.4) is 0 Å². The number of benzene rings is 9. The summed E-state index contributed by atoms with van der Waals surface area (Å²) < 4.78 is 10.9. The Morgan fingerprint density at radius 3 is 1.81 bits per heavy atom. The molecule has 0 aliphatic carbocycles. The number of para-hydroxylation sites is 4. The Morgan fingerprint density at radius 2 is 0.965 bits per heavy atom. The Bertz CT molecular complexity index is 3830. The van der Waals surface area contributed by atoms with Crippen LogP contribution in [0.4, 0.5) is 0 Å². The third-order valence-electron chi connectivity index (χ3n) is 11.9. The molecule has 0 unspecified atom stereocenters. The van der Waals surface area contributed by atoms with Crippen LogP contribution in [0, 0.1) is 0 Å². The van der Waals surface area contributed by atoms with Crippen molar-refractivity contribution in [2.24, 2.45) is 0 Å². The highest BCUT2D eigenvalue weighted by Crippen LogP contribution is 2.41. The highest BCUT2D eigenvalue weighted by molar-refractivity contribution is 6.17. The summed E-state index contributed by atoms with van der Waals surface area (Å²) in [6.07, 6.45) is 0. The predicted molar refractivity (Wildman–Crippen MR) is 236 cm³/mol. The number of nitrogens with zero attached hydrogens (tertiary/aromatic N) is 4. The Balaban J connectivity index is 1.08. The Hall–Kier alpha value is -7.76. The zero-order valence-electron chi connectivity index (χ0n) is 30.5. The lowest BCUT2D eigenvalue weighted by molar-refractivity contribution is 0.669. The fraction of sp³-hybridized carbons (Fsp3) is 0. The third kappa shape index (κ3) is 4.34. The lowest BCUT2D eigenvalue weighted by Crippen LogP contribution is -2.03. The first-order chi connectivity index (χ1) is 28.2. The van der Waals surface area contributed by atoms with Crippen LogP contribution >= 0.6 is 0 Å². The van der Waals surface area contributed by atoms with Gasteiger partial charge in [0.2, 0.25) is 5.95 Å². The van der Waals surface area contributed by atoms with Crippen molar-refractivity contribution >= 4 is 98.0 Å². The predicted octanol–water partition coefficient (Wildman–Crippen LogP) is 13.7. The van der Waals surface area contributed by atoms with E-state index in [0.29, 0.717) is 5.95 Å². The van der Waals surface area contributed by atoms with Gasteiger partial charge in [0.15, 0.2) is 0 Å². The van der Waals surface area contributed by atoms with Gasteiger partial charge in [-0.25, -0.2) is 9.97 Å². The molecule has 57 heavy (non-hydrogen) atoms. The van der Waals surface area contributed by atoms with E-state index in [-0.39, 0.29) is 0 Å². The van der Waals surface area contributed by atoms with Crippen LogP contribution in [0.1, 0.15) is 0 Å². The minimum absolute atomic E-state index is 0.636. The summed E-state index contributed by atoms with van der Waals surface area (Å²) in [4.78, 5) is 10.7. The van der Waals surface area contributed by atoms with Gasteiger partial charge < -0.3 is 8.98 Å². The molecule has 4 heterocycles. The van der Waals surface area contributed by atoms with Crippen molar-refractivity contribution in [2.45, 2.75) is 0 Å². The molecule has 0 radical (unpaired) electrons. The van der Waals surface area contributed by atoms with Gasteiger partial charge in [0, 0.05) is 48.7 Å². The van der Waals surface area contributed by atoms with Gasteiger partial charge in [-0.15, -0.1) is 0 Å². The normalized spacial score (nSPS) is 12.2. The lowest BCUT2D eigenvalue weighted by Gasteiger charge is -2.14. The fourth-order valence-electron chi connectivity index (χ4n) is 9.31. The molecule has 0 bridgehead atoms. The average Bonchev–Trinajstić information content (AvgIpc) is 3.91. The first-order valence-corrected chi connectivity index (χ1v) is 19.3. The third-order valence-corrected chi connectivity index (χ3v) is 11.9. The van der Waals surface area contributed by atoms with Gasteiger partial charge in [0.1, 0.15) is 11.2 Å². The molecule has 0 aliphatic heterocycles. The maximum absolute atomic E-state index is 6.20. The van der Waals surface area contributed by atoms with Gasteiger partial charge >= 0.3 is 0 Å². The molecule has 0 aliphatic rings. The Morgan fingerprint density at radius 1 is 0.351 bits per heavy atom. The molecule has 0 atom stereocenters. The quantitative estimate of drug-likeness (QED) is 0.182. The molecular formula is C52H30N4O. The van der Waals surface area contributed by atoms with Gasteiger partial charge in [0.25, 0.3) is 0 Å². The second-order valence-corrected chi connectivity index (χ2v) is 15.0. The van der Waals surface area contributed by atoms with E-state index in [2.05, 4.69) is 173 Å². The number of fused-ring (bicyclic) bond motifs is 12. The number of hydrogen-bond donors (Lipinski definition) is 0. The molecule has 13 rings (SSSR count). The molecule has 0 amide bonds. The van der Waals surface area contributed by atoms with Crippen LogP contribution in [0.15, 0.2) is 186 Å². The summed E-state index contributed by atoms with van der Waals surface area (Å²) in [5.41, 5.74) is 10.2. The maximum Gasteiger partial charge on any atom is 0.235 e. The summed E-state index contributed by atoms with van der Waals surface area (Å²) >= 11 is 0. The maximum atomic E-state index is 6.20. The second kappa shape index (κ2) is 11.4. The van der Waals surface area contributed by atoms with E-state index in [4.69, 9.17) is 14.4 Å². The highest BCUT2D eigenvalue weighted by atomic mass is 16.3. The monoisotopic (exact) mass is 726 g/mol. The summed E-state index contributed by atoms with van der Waals surface area (Å²) in [5.74, 6) is 0.636. The zero-order chi connectivity index (χ0) is 37.2. The molecule has 5 nitrogen and oxygen atoms in total. The van der Waals surface area contributed by atoms with Gasteiger partial charge in [0.05, 0.1) is 39.0 Å². The van der Waals surface area contributed by atoms with E-state index in [1.807, 2.05) is 18.2 Å². The van der Waals surface area contributed by atoms with E-state index in [1.165, 1.54) is 38.0 Å². The fourth-order valence-corrected chi connectivity index (χ4v) is 9.31. The highest BCUT2D eigenvalue weighted by Gasteiger charge is 2.21. The summed E-state index contributed by atoms with van der Waals surface area (Å²) in [6, 6.07) is 65.0. The van der Waals surface area contributed by atoms with Crippen LogP contribution in [0.25, 0.3) is 121 Å².